The maximum Gasteiger partial charge on any atom is 0.331 e. The Labute approximate surface area is 117 Å². The van der Waals surface area contributed by atoms with Gasteiger partial charge in [-0.15, -0.1) is 0 Å². The van der Waals surface area contributed by atoms with Crippen molar-refractivity contribution in [2.75, 3.05) is 0 Å². The van der Waals surface area contributed by atoms with Crippen LogP contribution >= 0.6 is 0 Å². The summed E-state index contributed by atoms with van der Waals surface area (Å²) in [5.41, 5.74) is 1.67. The molecule has 0 aliphatic carbocycles. The lowest BCUT2D eigenvalue weighted by Crippen LogP contribution is -1.98. The van der Waals surface area contributed by atoms with Crippen molar-refractivity contribution in [3.63, 3.8) is 0 Å². The van der Waals surface area contributed by atoms with Crippen LogP contribution in [0.1, 0.15) is 19.4 Å². The molecule has 0 aromatic heterocycles. The van der Waals surface area contributed by atoms with Gasteiger partial charge in [-0.1, -0.05) is 30.3 Å². The number of hydrogen-bond acceptors (Lipinski definition) is 2. The Hall–Kier alpha value is -2.62. The van der Waals surface area contributed by atoms with Crippen molar-refractivity contribution in [2.24, 2.45) is 0 Å². The molecule has 0 fully saturated rings. The van der Waals surface area contributed by atoms with Crippen molar-refractivity contribution in [3.05, 3.63) is 64.8 Å². The van der Waals surface area contributed by atoms with Gasteiger partial charge in [-0.3, -0.25) is 0 Å². The highest BCUT2D eigenvalue weighted by atomic mass is 16.4. The first kappa shape index (κ1) is 15.4. The van der Waals surface area contributed by atoms with Gasteiger partial charge >= 0.3 is 11.9 Å². The molecule has 0 amide bonds. The van der Waals surface area contributed by atoms with Crippen LogP contribution in [0.3, 0.4) is 0 Å². The van der Waals surface area contributed by atoms with Crippen LogP contribution < -0.4 is 0 Å². The summed E-state index contributed by atoms with van der Waals surface area (Å²) in [5, 5.41) is 17.8. The minimum absolute atomic E-state index is 0.140. The molecule has 0 aliphatic heterocycles. The van der Waals surface area contributed by atoms with Crippen molar-refractivity contribution in [1.82, 2.24) is 0 Å². The van der Waals surface area contributed by atoms with Crippen molar-refractivity contribution >= 4 is 18.0 Å². The van der Waals surface area contributed by atoms with Crippen LogP contribution in [0.15, 0.2) is 59.2 Å². The molecule has 0 heterocycles. The van der Waals surface area contributed by atoms with Gasteiger partial charge in [0.15, 0.2) is 0 Å². The number of benzene rings is 1. The van der Waals surface area contributed by atoms with E-state index in [0.29, 0.717) is 5.57 Å². The Balaban J connectivity index is 3.25. The van der Waals surface area contributed by atoms with Crippen molar-refractivity contribution < 1.29 is 19.8 Å². The number of allylic oxidation sites excluding steroid dienone is 3. The summed E-state index contributed by atoms with van der Waals surface area (Å²) in [6.45, 7) is 2.93. The quantitative estimate of drug-likeness (QED) is 0.638. The zero-order chi connectivity index (χ0) is 15.1. The average molecular weight is 272 g/mol. The first-order valence-electron chi connectivity index (χ1n) is 6.00. The SMILES string of the molecule is CC(=CC(=Cc1ccccc1)C=C(C)C(=O)O)C(=O)O. The van der Waals surface area contributed by atoms with Gasteiger partial charge in [0.25, 0.3) is 0 Å². The number of rotatable bonds is 5. The summed E-state index contributed by atoms with van der Waals surface area (Å²) >= 11 is 0. The van der Waals surface area contributed by atoms with Gasteiger partial charge in [-0.25, -0.2) is 9.59 Å². The number of carboxylic acids is 2. The molecule has 0 saturated heterocycles. The first-order valence-corrected chi connectivity index (χ1v) is 6.00. The number of hydrogen-bond donors (Lipinski definition) is 2. The maximum atomic E-state index is 10.9. The molecule has 0 saturated carbocycles. The summed E-state index contributed by atoms with van der Waals surface area (Å²) in [6, 6.07) is 9.28. The molecule has 2 N–H and O–H groups in total. The minimum Gasteiger partial charge on any atom is -0.478 e. The van der Waals surface area contributed by atoms with E-state index in [-0.39, 0.29) is 11.1 Å². The topological polar surface area (TPSA) is 74.6 Å². The highest BCUT2D eigenvalue weighted by Gasteiger charge is 2.04. The van der Waals surface area contributed by atoms with Crippen LogP contribution in [0.2, 0.25) is 0 Å². The lowest BCUT2D eigenvalue weighted by molar-refractivity contribution is -0.133. The molecule has 1 aromatic rings. The third-order valence-electron chi connectivity index (χ3n) is 2.57. The lowest BCUT2D eigenvalue weighted by atomic mass is 10.1. The zero-order valence-electron chi connectivity index (χ0n) is 11.3. The van der Waals surface area contributed by atoms with Crippen LogP contribution in [0.4, 0.5) is 0 Å². The fourth-order valence-electron chi connectivity index (χ4n) is 1.49. The molecule has 4 nitrogen and oxygen atoms in total. The molecular formula is C16H16O4. The smallest absolute Gasteiger partial charge is 0.331 e. The highest BCUT2D eigenvalue weighted by Crippen LogP contribution is 2.13. The van der Waals surface area contributed by atoms with Crippen LogP contribution in [0, 0.1) is 0 Å². The second-order valence-corrected chi connectivity index (χ2v) is 4.32. The van der Waals surface area contributed by atoms with Crippen molar-refractivity contribution in [2.45, 2.75) is 13.8 Å². The van der Waals surface area contributed by atoms with E-state index in [0.717, 1.165) is 5.56 Å². The summed E-state index contributed by atoms with van der Waals surface area (Å²) in [6.07, 6.45) is 4.63. The molecule has 104 valence electrons. The summed E-state index contributed by atoms with van der Waals surface area (Å²) in [4.78, 5) is 21.7. The van der Waals surface area contributed by atoms with Gasteiger partial charge in [0.05, 0.1) is 0 Å². The molecular weight excluding hydrogens is 256 g/mol. The predicted molar refractivity (Wildman–Crippen MR) is 77.2 cm³/mol. The van der Waals surface area contributed by atoms with Gasteiger partial charge in [-0.2, -0.15) is 0 Å². The van der Waals surface area contributed by atoms with E-state index in [1.165, 1.54) is 26.0 Å². The summed E-state index contributed by atoms with van der Waals surface area (Å²) in [7, 11) is 0. The first-order chi connectivity index (χ1) is 9.40. The van der Waals surface area contributed by atoms with E-state index >= 15 is 0 Å². The van der Waals surface area contributed by atoms with Crippen LogP contribution in [0.25, 0.3) is 6.08 Å². The summed E-state index contributed by atoms with van der Waals surface area (Å²) < 4.78 is 0. The molecule has 0 spiro atoms. The number of carboxylic acid groups (broad SMARTS) is 2. The van der Waals surface area contributed by atoms with E-state index in [1.54, 1.807) is 6.08 Å². The standard InChI is InChI=1S/C16H16O4/c1-11(15(17)18)8-14(9-12(2)16(19)20)10-13-6-4-3-5-7-13/h3-10H,1-2H3,(H,17,18)(H,19,20). The maximum absolute atomic E-state index is 10.9. The minimum atomic E-state index is -1.04. The number of aliphatic carboxylic acids is 2. The van der Waals surface area contributed by atoms with Crippen LogP contribution in [-0.2, 0) is 9.59 Å². The van der Waals surface area contributed by atoms with Crippen LogP contribution in [0.5, 0.6) is 0 Å². The van der Waals surface area contributed by atoms with E-state index in [2.05, 4.69) is 0 Å². The Morgan fingerprint density at radius 1 is 0.900 bits per heavy atom. The Morgan fingerprint density at radius 2 is 1.35 bits per heavy atom. The molecule has 0 atom stereocenters. The Bertz CT molecular complexity index is 560. The molecule has 1 aromatic carbocycles. The lowest BCUT2D eigenvalue weighted by Gasteiger charge is -2.00. The molecule has 4 heteroatoms. The largest absolute Gasteiger partial charge is 0.478 e. The predicted octanol–water partition coefficient (Wildman–Crippen LogP) is 3.13. The number of carbonyl (C=O) groups is 2. The molecule has 0 radical (unpaired) electrons. The van der Waals surface area contributed by atoms with Crippen molar-refractivity contribution in [3.8, 4) is 0 Å². The van der Waals surface area contributed by atoms with Gasteiger partial charge in [0.1, 0.15) is 0 Å². The van der Waals surface area contributed by atoms with Crippen LogP contribution in [-0.4, -0.2) is 22.2 Å². The molecule has 0 unspecified atom stereocenters. The van der Waals surface area contributed by atoms with E-state index < -0.39 is 11.9 Å². The second-order valence-electron chi connectivity index (χ2n) is 4.32. The Kier molecular flexibility index (Phi) is 5.47. The molecule has 0 bridgehead atoms. The van der Waals surface area contributed by atoms with Crippen molar-refractivity contribution in [1.29, 1.82) is 0 Å². The fraction of sp³-hybridized carbons (Fsp3) is 0.125. The molecule has 0 aliphatic rings. The van der Waals surface area contributed by atoms with E-state index in [1.807, 2.05) is 30.3 Å². The second kappa shape index (κ2) is 7.09. The molecule has 1 rings (SSSR count). The monoisotopic (exact) mass is 272 g/mol. The van der Waals surface area contributed by atoms with Gasteiger partial charge in [-0.05, 0) is 43.2 Å². The van der Waals surface area contributed by atoms with E-state index in [4.69, 9.17) is 10.2 Å². The van der Waals surface area contributed by atoms with Gasteiger partial charge in [0, 0.05) is 11.1 Å². The third kappa shape index (κ3) is 4.94. The normalized spacial score (nSPS) is 11.9. The molecule has 20 heavy (non-hydrogen) atoms. The Morgan fingerprint density at radius 3 is 1.75 bits per heavy atom. The zero-order valence-corrected chi connectivity index (χ0v) is 11.3. The van der Waals surface area contributed by atoms with E-state index in [9.17, 15) is 9.59 Å². The highest BCUT2D eigenvalue weighted by molar-refractivity contribution is 5.89. The third-order valence-corrected chi connectivity index (χ3v) is 2.57. The van der Waals surface area contributed by atoms with Gasteiger partial charge < -0.3 is 10.2 Å². The summed E-state index contributed by atoms with van der Waals surface area (Å²) in [5.74, 6) is -2.07. The fourth-order valence-corrected chi connectivity index (χ4v) is 1.49. The van der Waals surface area contributed by atoms with Gasteiger partial charge in [0.2, 0.25) is 0 Å². The average Bonchev–Trinajstić information content (AvgIpc) is 2.39.